The van der Waals surface area contributed by atoms with E-state index in [9.17, 15) is 31.1 Å². The Morgan fingerprint density at radius 2 is 1.88 bits per heavy atom. The Morgan fingerprint density at radius 1 is 1.15 bits per heavy atom. The number of benzene rings is 1. The number of fused-ring (bicyclic) bond motifs is 1. The lowest BCUT2D eigenvalue weighted by molar-refractivity contribution is -0.142. The first kappa shape index (κ1) is 25.9. The minimum Gasteiger partial charge on any atom is -0.462 e. The Labute approximate surface area is 192 Å². The summed E-state index contributed by atoms with van der Waals surface area (Å²) in [4.78, 5) is 14.0. The van der Waals surface area contributed by atoms with Crippen LogP contribution in [0.15, 0.2) is 24.3 Å². The number of alkyl halides is 6. The predicted molar refractivity (Wildman–Crippen MR) is 110 cm³/mol. The molecule has 1 aromatic heterocycles. The third-order valence-electron chi connectivity index (χ3n) is 5.29. The lowest BCUT2D eigenvalue weighted by Crippen LogP contribution is -2.27. The van der Waals surface area contributed by atoms with E-state index in [-0.39, 0.29) is 37.7 Å². The molecule has 1 aliphatic heterocycles. The molecule has 6 nitrogen and oxygen atoms in total. The van der Waals surface area contributed by atoms with Gasteiger partial charge in [-0.15, -0.1) is 0 Å². The van der Waals surface area contributed by atoms with Crippen LogP contribution in [0.5, 0.6) is 0 Å². The summed E-state index contributed by atoms with van der Waals surface area (Å²) in [5.74, 6) is -1.34. The van der Waals surface area contributed by atoms with Crippen LogP contribution in [0.3, 0.4) is 0 Å². The van der Waals surface area contributed by atoms with Gasteiger partial charge in [-0.1, -0.05) is 25.5 Å². The van der Waals surface area contributed by atoms with Gasteiger partial charge in [-0.3, -0.25) is 0 Å². The molecule has 0 amide bonds. The van der Waals surface area contributed by atoms with Crippen LogP contribution >= 0.6 is 0 Å². The van der Waals surface area contributed by atoms with E-state index in [1.165, 1.54) is 24.0 Å². The highest BCUT2D eigenvalue weighted by molar-refractivity contribution is 5.97. The number of esters is 1. The summed E-state index contributed by atoms with van der Waals surface area (Å²) in [5, 5.41) is 3.68. The van der Waals surface area contributed by atoms with Gasteiger partial charge < -0.3 is 14.4 Å². The molecule has 0 bridgehead atoms. The average Bonchev–Trinajstić information content (AvgIpc) is 3.30. The molecular formula is C22H25F6N3O3. The molecule has 1 atom stereocenters. The van der Waals surface area contributed by atoms with Crippen LogP contribution < -0.4 is 4.90 Å². The van der Waals surface area contributed by atoms with Crippen LogP contribution in [0.4, 0.5) is 32.2 Å². The molecule has 0 unspecified atom stereocenters. The number of aromatic nitrogens is 2. The number of nitrogens with zero attached hydrogens (tertiary/aromatic N) is 3. The quantitative estimate of drug-likeness (QED) is 0.263. The molecular weight excluding hydrogens is 468 g/mol. The highest BCUT2D eigenvalue weighted by Gasteiger charge is 2.46. The zero-order chi connectivity index (χ0) is 25.1. The summed E-state index contributed by atoms with van der Waals surface area (Å²) in [6, 6.07) is 3.84. The number of rotatable bonds is 9. The Balaban J connectivity index is 2.02. The molecule has 0 radical (unpaired) electrons. The number of carbonyl (C=O) groups is 1. The Kier molecular flexibility index (Phi) is 7.79. The Morgan fingerprint density at radius 3 is 2.50 bits per heavy atom. The zero-order valence-corrected chi connectivity index (χ0v) is 18.7. The molecule has 34 heavy (non-hydrogen) atoms. The van der Waals surface area contributed by atoms with Crippen molar-refractivity contribution < 1.29 is 40.6 Å². The first-order chi connectivity index (χ1) is 16.0. The second-order valence-corrected chi connectivity index (χ2v) is 7.87. The predicted octanol–water partition coefficient (Wildman–Crippen LogP) is 5.48. The number of unbranched alkanes of at least 4 members (excludes halogenated alkanes) is 1. The van der Waals surface area contributed by atoms with Crippen LogP contribution in [0.1, 0.15) is 59.9 Å². The lowest BCUT2D eigenvalue weighted by Gasteiger charge is -2.21. The van der Waals surface area contributed by atoms with E-state index in [0.717, 1.165) is 29.7 Å². The van der Waals surface area contributed by atoms with Gasteiger partial charge in [0.25, 0.3) is 0 Å². The van der Waals surface area contributed by atoms with Crippen molar-refractivity contribution in [2.24, 2.45) is 0 Å². The van der Waals surface area contributed by atoms with Gasteiger partial charge in [0.05, 0.1) is 24.8 Å². The summed E-state index contributed by atoms with van der Waals surface area (Å²) in [7, 11) is 0. The molecule has 0 spiro atoms. The monoisotopic (exact) mass is 493 g/mol. The molecule has 0 fully saturated rings. The van der Waals surface area contributed by atoms with Crippen molar-refractivity contribution in [3.8, 4) is 0 Å². The fourth-order valence-corrected chi connectivity index (χ4v) is 3.79. The summed E-state index contributed by atoms with van der Waals surface area (Å²) in [6.07, 6.45) is -7.88. The fraction of sp³-hybridized carbons (Fsp3) is 0.545. The standard InChI is InChI=1S/C22H25F6N3O3/c1-3-5-9-33-13-16-12-30(11-14-7-6-8-15(10-14)21(23,24)25)19-17(20(32)34-4-2)18(22(26,27)28)29-31(16)19/h6-8,10,16H,3-5,9,11-13H2,1-2H3/t16-/m0/s1. The molecule has 2 aromatic rings. The number of anilines is 1. The molecule has 2 heterocycles. The fourth-order valence-electron chi connectivity index (χ4n) is 3.79. The van der Waals surface area contributed by atoms with Gasteiger partial charge in [0.1, 0.15) is 11.4 Å². The van der Waals surface area contributed by atoms with Crippen molar-refractivity contribution in [3.63, 3.8) is 0 Å². The van der Waals surface area contributed by atoms with Gasteiger partial charge in [0.2, 0.25) is 0 Å². The number of hydrogen-bond acceptors (Lipinski definition) is 5. The summed E-state index contributed by atoms with van der Waals surface area (Å²) >= 11 is 0. The second kappa shape index (κ2) is 10.2. The molecule has 188 valence electrons. The third-order valence-corrected chi connectivity index (χ3v) is 5.29. The summed E-state index contributed by atoms with van der Waals surface area (Å²) in [6.45, 7) is 3.64. The van der Waals surface area contributed by atoms with E-state index in [2.05, 4.69) is 5.10 Å². The van der Waals surface area contributed by atoms with Gasteiger partial charge in [-0.05, 0) is 31.0 Å². The topological polar surface area (TPSA) is 56.6 Å². The van der Waals surface area contributed by atoms with Crippen molar-refractivity contribution >= 4 is 11.8 Å². The number of halogens is 6. The van der Waals surface area contributed by atoms with E-state index in [0.29, 0.717) is 6.61 Å². The molecule has 1 aromatic carbocycles. The van der Waals surface area contributed by atoms with E-state index in [4.69, 9.17) is 9.47 Å². The van der Waals surface area contributed by atoms with Gasteiger partial charge in [-0.2, -0.15) is 31.4 Å². The van der Waals surface area contributed by atoms with Crippen molar-refractivity contribution in [2.75, 3.05) is 31.3 Å². The van der Waals surface area contributed by atoms with Crippen molar-refractivity contribution in [3.05, 3.63) is 46.6 Å². The minimum absolute atomic E-state index is 0.0351. The van der Waals surface area contributed by atoms with Crippen LogP contribution in [-0.4, -0.2) is 42.1 Å². The highest BCUT2D eigenvalue weighted by atomic mass is 19.4. The molecule has 0 N–H and O–H groups in total. The molecule has 0 aliphatic carbocycles. The van der Waals surface area contributed by atoms with Gasteiger partial charge in [0.15, 0.2) is 5.69 Å². The molecule has 1 aliphatic rings. The summed E-state index contributed by atoms with van der Waals surface area (Å²) in [5.41, 5.74) is -2.80. The first-order valence-electron chi connectivity index (χ1n) is 10.8. The number of hydrogen-bond donors (Lipinski definition) is 0. The average molecular weight is 493 g/mol. The maximum atomic E-state index is 13.8. The zero-order valence-electron chi connectivity index (χ0n) is 18.7. The number of ether oxygens (including phenoxy) is 2. The Bertz CT molecular complexity index is 1000. The summed E-state index contributed by atoms with van der Waals surface area (Å²) < 4.78 is 92.2. The maximum Gasteiger partial charge on any atom is 0.436 e. The largest absolute Gasteiger partial charge is 0.462 e. The van der Waals surface area contributed by atoms with E-state index >= 15 is 0 Å². The highest BCUT2D eigenvalue weighted by Crippen LogP contribution is 2.42. The third kappa shape index (κ3) is 5.65. The van der Waals surface area contributed by atoms with Crippen LogP contribution in [-0.2, 0) is 28.4 Å². The SMILES string of the molecule is CCCCOC[C@@H]1CN(Cc2cccc(C(F)(F)F)c2)c2c(C(=O)OCC)c(C(F)(F)F)nn21. The van der Waals surface area contributed by atoms with Crippen LogP contribution in [0.25, 0.3) is 0 Å². The minimum atomic E-state index is -4.94. The molecule has 0 saturated carbocycles. The second-order valence-electron chi connectivity index (χ2n) is 7.87. The van der Waals surface area contributed by atoms with E-state index in [1.807, 2.05) is 6.92 Å². The van der Waals surface area contributed by atoms with Crippen LogP contribution in [0.2, 0.25) is 0 Å². The molecule has 3 rings (SSSR count). The Hall–Kier alpha value is -2.76. The smallest absolute Gasteiger partial charge is 0.436 e. The lowest BCUT2D eigenvalue weighted by atomic mass is 10.1. The van der Waals surface area contributed by atoms with Gasteiger partial charge >= 0.3 is 18.3 Å². The number of carbonyl (C=O) groups excluding carboxylic acids is 1. The van der Waals surface area contributed by atoms with E-state index < -0.39 is 41.2 Å². The normalized spacial score (nSPS) is 16.1. The van der Waals surface area contributed by atoms with E-state index in [1.54, 1.807) is 0 Å². The van der Waals surface area contributed by atoms with Gasteiger partial charge in [-0.25, -0.2) is 9.48 Å². The molecule has 0 saturated heterocycles. The van der Waals surface area contributed by atoms with Crippen molar-refractivity contribution in [1.29, 1.82) is 0 Å². The first-order valence-corrected chi connectivity index (χ1v) is 10.8. The van der Waals surface area contributed by atoms with Gasteiger partial charge in [0, 0.05) is 19.7 Å². The maximum absolute atomic E-state index is 13.8. The van der Waals surface area contributed by atoms with Crippen molar-refractivity contribution in [1.82, 2.24) is 9.78 Å². The van der Waals surface area contributed by atoms with Crippen molar-refractivity contribution in [2.45, 2.75) is 51.6 Å². The molecule has 12 heteroatoms. The van der Waals surface area contributed by atoms with Crippen LogP contribution in [0, 0.1) is 0 Å².